The van der Waals surface area contributed by atoms with E-state index < -0.39 is 5.97 Å². The molecule has 0 radical (unpaired) electrons. The normalized spacial score (nSPS) is 23.5. The molecule has 1 heterocycles. The third-order valence-electron chi connectivity index (χ3n) is 6.95. The van der Waals surface area contributed by atoms with Crippen molar-refractivity contribution in [3.05, 3.63) is 72.3 Å². The summed E-state index contributed by atoms with van der Waals surface area (Å²) in [6, 6.07) is 19.4. The highest BCUT2D eigenvalue weighted by molar-refractivity contribution is 5.66. The molecule has 2 fully saturated rings. The maximum atomic E-state index is 10.7. The molecule has 1 N–H and O–H groups in total. The second-order valence-electron chi connectivity index (χ2n) is 9.36. The molecule has 1 aliphatic heterocycles. The number of rotatable bonds is 11. The second kappa shape index (κ2) is 12.8. The molecule has 5 nitrogen and oxygen atoms in total. The number of piperidine rings is 1. The minimum absolute atomic E-state index is 0.0471. The van der Waals surface area contributed by atoms with E-state index in [1.54, 1.807) is 0 Å². The third-order valence-corrected chi connectivity index (χ3v) is 6.95. The smallest absolute Gasteiger partial charge is 0.303 e. The van der Waals surface area contributed by atoms with Crippen molar-refractivity contribution in [1.82, 2.24) is 4.90 Å². The third kappa shape index (κ3) is 7.02. The second-order valence-corrected chi connectivity index (χ2v) is 9.36. The summed E-state index contributed by atoms with van der Waals surface area (Å²) < 4.78 is 12.8. The molecule has 1 saturated heterocycles. The lowest BCUT2D eigenvalue weighted by Crippen LogP contribution is -2.47. The predicted octanol–water partition coefficient (Wildman–Crippen LogP) is 5.69. The molecule has 5 heteroatoms. The first-order chi connectivity index (χ1) is 16.7. The molecular formula is C29H37NO4. The van der Waals surface area contributed by atoms with E-state index in [0.717, 1.165) is 25.9 Å². The zero-order valence-corrected chi connectivity index (χ0v) is 20.0. The Morgan fingerprint density at radius 1 is 0.912 bits per heavy atom. The summed E-state index contributed by atoms with van der Waals surface area (Å²) >= 11 is 0. The van der Waals surface area contributed by atoms with Gasteiger partial charge in [-0.3, -0.25) is 9.69 Å². The summed E-state index contributed by atoms with van der Waals surface area (Å²) in [6.07, 6.45) is 10.6. The van der Waals surface area contributed by atoms with Gasteiger partial charge in [-0.05, 0) is 61.9 Å². The SMILES string of the molecule is O=C(O)CCC=CCO[C@H]1[C@H](OCc2ccc(-c3ccccc3)cc2)CC[C@@H]1N1CCCCC1. The first-order valence-corrected chi connectivity index (χ1v) is 12.7. The van der Waals surface area contributed by atoms with Crippen LogP contribution >= 0.6 is 0 Å². The number of carboxylic acid groups (broad SMARTS) is 1. The number of benzene rings is 2. The summed E-state index contributed by atoms with van der Waals surface area (Å²) in [5.41, 5.74) is 3.61. The van der Waals surface area contributed by atoms with Crippen molar-refractivity contribution in [3.63, 3.8) is 0 Å². The van der Waals surface area contributed by atoms with Crippen molar-refractivity contribution >= 4 is 5.97 Å². The Hall–Kier alpha value is -2.47. The van der Waals surface area contributed by atoms with Crippen molar-refractivity contribution in [1.29, 1.82) is 0 Å². The first kappa shape index (κ1) is 24.6. The molecule has 0 bridgehead atoms. The van der Waals surface area contributed by atoms with Crippen LogP contribution in [0.2, 0.25) is 0 Å². The van der Waals surface area contributed by atoms with Gasteiger partial charge in [0.15, 0.2) is 0 Å². The summed E-state index contributed by atoms with van der Waals surface area (Å²) in [5.74, 6) is -0.767. The van der Waals surface area contributed by atoms with Crippen molar-refractivity contribution in [2.45, 2.75) is 69.8 Å². The maximum Gasteiger partial charge on any atom is 0.303 e. The number of carbonyl (C=O) groups is 1. The molecule has 34 heavy (non-hydrogen) atoms. The quantitative estimate of drug-likeness (QED) is 0.434. The van der Waals surface area contributed by atoms with Gasteiger partial charge in [-0.1, -0.05) is 73.2 Å². The van der Waals surface area contributed by atoms with E-state index in [1.165, 1.54) is 36.0 Å². The molecule has 0 aromatic heterocycles. The van der Waals surface area contributed by atoms with Crippen molar-refractivity contribution in [2.24, 2.45) is 0 Å². The van der Waals surface area contributed by atoms with Gasteiger partial charge in [0.05, 0.1) is 25.4 Å². The maximum absolute atomic E-state index is 10.7. The van der Waals surface area contributed by atoms with Crippen LogP contribution < -0.4 is 0 Å². The molecule has 2 aromatic carbocycles. The zero-order chi connectivity index (χ0) is 23.6. The lowest BCUT2D eigenvalue weighted by atomic mass is 10.0. The van der Waals surface area contributed by atoms with Crippen LogP contribution in [-0.2, 0) is 20.9 Å². The molecule has 0 spiro atoms. The largest absolute Gasteiger partial charge is 0.481 e. The molecule has 1 aliphatic carbocycles. The van der Waals surface area contributed by atoms with E-state index in [9.17, 15) is 4.79 Å². The summed E-state index contributed by atoms with van der Waals surface area (Å²) in [4.78, 5) is 13.3. The van der Waals surface area contributed by atoms with E-state index in [-0.39, 0.29) is 18.6 Å². The Kier molecular flexibility index (Phi) is 9.31. The van der Waals surface area contributed by atoms with Crippen molar-refractivity contribution < 1.29 is 19.4 Å². The number of hydrogen-bond acceptors (Lipinski definition) is 4. The Bertz CT molecular complexity index is 905. The zero-order valence-electron chi connectivity index (χ0n) is 20.0. The van der Waals surface area contributed by atoms with Crippen LogP contribution in [0.4, 0.5) is 0 Å². The van der Waals surface area contributed by atoms with E-state index in [1.807, 2.05) is 18.2 Å². The number of likely N-dealkylation sites (tertiary alicyclic amines) is 1. The van der Waals surface area contributed by atoms with Gasteiger partial charge in [0.1, 0.15) is 0 Å². The van der Waals surface area contributed by atoms with Gasteiger partial charge in [0.25, 0.3) is 0 Å². The molecule has 3 atom stereocenters. The fraction of sp³-hybridized carbons (Fsp3) is 0.483. The number of nitrogens with zero attached hydrogens (tertiary/aromatic N) is 1. The standard InChI is InChI=1S/C29H37NO4/c31-28(32)12-6-2-9-21-33-29-26(30-19-7-3-8-20-30)17-18-27(29)34-22-23-13-15-25(16-14-23)24-10-4-1-5-11-24/h1-2,4-5,9-11,13-16,26-27,29H,3,6-8,12,17-22H2,(H,31,32)/t26-,27+,29+/m0/s1. The minimum atomic E-state index is -0.767. The van der Waals surface area contributed by atoms with Crippen LogP contribution in [0.3, 0.4) is 0 Å². The topological polar surface area (TPSA) is 59.0 Å². The Morgan fingerprint density at radius 2 is 1.65 bits per heavy atom. The van der Waals surface area contributed by atoms with Gasteiger partial charge in [-0.2, -0.15) is 0 Å². The van der Waals surface area contributed by atoms with Crippen LogP contribution in [0.5, 0.6) is 0 Å². The highest BCUT2D eigenvalue weighted by atomic mass is 16.5. The molecular weight excluding hydrogens is 426 g/mol. The number of allylic oxidation sites excluding steroid dienone is 1. The van der Waals surface area contributed by atoms with Crippen LogP contribution in [0.15, 0.2) is 66.7 Å². The average Bonchev–Trinajstić information content (AvgIpc) is 3.28. The monoisotopic (exact) mass is 463 g/mol. The van der Waals surface area contributed by atoms with Gasteiger partial charge in [-0.15, -0.1) is 0 Å². The van der Waals surface area contributed by atoms with Crippen LogP contribution in [0.1, 0.15) is 50.5 Å². The average molecular weight is 464 g/mol. The Balaban J connectivity index is 1.34. The van der Waals surface area contributed by atoms with E-state index in [0.29, 0.717) is 25.7 Å². The fourth-order valence-corrected chi connectivity index (χ4v) is 5.13. The number of ether oxygens (including phenoxy) is 2. The van der Waals surface area contributed by atoms with Gasteiger partial charge < -0.3 is 14.6 Å². The number of carboxylic acids is 1. The van der Waals surface area contributed by atoms with Crippen molar-refractivity contribution in [2.75, 3.05) is 19.7 Å². The molecule has 0 amide bonds. The minimum Gasteiger partial charge on any atom is -0.481 e. The highest BCUT2D eigenvalue weighted by Crippen LogP contribution is 2.32. The fourth-order valence-electron chi connectivity index (χ4n) is 5.13. The van der Waals surface area contributed by atoms with Gasteiger partial charge in [-0.25, -0.2) is 0 Å². The van der Waals surface area contributed by atoms with Gasteiger partial charge in [0, 0.05) is 12.5 Å². The first-order valence-electron chi connectivity index (χ1n) is 12.7. The van der Waals surface area contributed by atoms with Crippen LogP contribution in [0.25, 0.3) is 11.1 Å². The molecule has 1 saturated carbocycles. The molecule has 182 valence electrons. The number of hydrogen-bond donors (Lipinski definition) is 1. The molecule has 4 rings (SSSR count). The Labute approximate surface area is 203 Å². The Morgan fingerprint density at radius 3 is 2.38 bits per heavy atom. The predicted molar refractivity (Wildman–Crippen MR) is 135 cm³/mol. The molecule has 2 aromatic rings. The molecule has 2 aliphatic rings. The highest BCUT2D eigenvalue weighted by Gasteiger charge is 2.41. The summed E-state index contributed by atoms with van der Waals surface area (Å²) in [6.45, 7) is 3.38. The lowest BCUT2D eigenvalue weighted by molar-refractivity contribution is -0.136. The van der Waals surface area contributed by atoms with Crippen LogP contribution in [-0.4, -0.2) is 53.9 Å². The summed E-state index contributed by atoms with van der Waals surface area (Å²) in [7, 11) is 0. The van der Waals surface area contributed by atoms with Crippen molar-refractivity contribution in [3.8, 4) is 11.1 Å². The van der Waals surface area contributed by atoms with Gasteiger partial charge in [0.2, 0.25) is 0 Å². The lowest BCUT2D eigenvalue weighted by Gasteiger charge is -2.36. The number of aliphatic carboxylic acids is 1. The van der Waals surface area contributed by atoms with E-state index in [2.05, 4.69) is 53.4 Å². The van der Waals surface area contributed by atoms with Gasteiger partial charge >= 0.3 is 5.97 Å². The molecule has 0 unspecified atom stereocenters. The summed E-state index contributed by atoms with van der Waals surface area (Å²) in [5, 5.41) is 8.80. The van der Waals surface area contributed by atoms with E-state index >= 15 is 0 Å². The van der Waals surface area contributed by atoms with E-state index in [4.69, 9.17) is 14.6 Å². The van der Waals surface area contributed by atoms with Crippen LogP contribution in [0, 0.1) is 0 Å².